The van der Waals surface area contributed by atoms with E-state index in [1.165, 1.54) is 0 Å². The SMILES string of the molecule is CCNC(=O)c1ccc(CNC(=O)CC2(C(=O)O)CCC2)cc1. The predicted molar refractivity (Wildman–Crippen MR) is 84.8 cm³/mol. The minimum absolute atomic E-state index is 0.0271. The summed E-state index contributed by atoms with van der Waals surface area (Å²) >= 11 is 0. The number of aliphatic carboxylic acids is 1. The average molecular weight is 318 g/mol. The zero-order valence-electron chi connectivity index (χ0n) is 13.2. The first-order valence-electron chi connectivity index (χ1n) is 7.84. The van der Waals surface area contributed by atoms with E-state index in [1.54, 1.807) is 24.3 Å². The maximum Gasteiger partial charge on any atom is 0.310 e. The molecule has 1 saturated carbocycles. The fourth-order valence-corrected chi connectivity index (χ4v) is 2.68. The van der Waals surface area contributed by atoms with Crippen LogP contribution in [0.25, 0.3) is 0 Å². The molecule has 2 rings (SSSR count). The number of rotatable bonds is 7. The summed E-state index contributed by atoms with van der Waals surface area (Å²) < 4.78 is 0. The smallest absolute Gasteiger partial charge is 0.310 e. The van der Waals surface area contributed by atoms with Gasteiger partial charge in [-0.25, -0.2) is 0 Å². The van der Waals surface area contributed by atoms with Crippen molar-refractivity contribution in [2.24, 2.45) is 5.41 Å². The number of amides is 2. The van der Waals surface area contributed by atoms with Gasteiger partial charge in [0.15, 0.2) is 0 Å². The molecule has 3 N–H and O–H groups in total. The van der Waals surface area contributed by atoms with Gasteiger partial charge >= 0.3 is 5.97 Å². The van der Waals surface area contributed by atoms with Crippen LogP contribution in [0.4, 0.5) is 0 Å². The standard InChI is InChI=1S/C17H22N2O4/c1-2-18-15(21)13-6-4-12(5-7-13)11-19-14(20)10-17(16(22)23)8-3-9-17/h4-7H,2-3,8-11H2,1H3,(H,18,21)(H,19,20)(H,22,23). The molecule has 0 atom stereocenters. The van der Waals surface area contributed by atoms with Gasteiger partial charge in [-0.1, -0.05) is 18.6 Å². The lowest BCUT2D eigenvalue weighted by molar-refractivity contribution is -0.157. The Kier molecular flexibility index (Phi) is 5.36. The third kappa shape index (κ3) is 4.09. The number of hydrogen-bond donors (Lipinski definition) is 3. The molecule has 0 aromatic heterocycles. The molecule has 1 aliphatic rings. The number of carboxylic acids is 1. The van der Waals surface area contributed by atoms with Crippen LogP contribution in [0.1, 0.15) is 48.5 Å². The van der Waals surface area contributed by atoms with Crippen molar-refractivity contribution in [2.45, 2.75) is 39.2 Å². The topological polar surface area (TPSA) is 95.5 Å². The van der Waals surface area contributed by atoms with Crippen molar-refractivity contribution < 1.29 is 19.5 Å². The minimum Gasteiger partial charge on any atom is -0.481 e. The van der Waals surface area contributed by atoms with Gasteiger partial charge in [-0.05, 0) is 37.5 Å². The molecule has 0 aliphatic heterocycles. The van der Waals surface area contributed by atoms with Crippen molar-refractivity contribution in [3.8, 4) is 0 Å². The molecule has 0 saturated heterocycles. The quantitative estimate of drug-likeness (QED) is 0.713. The Balaban J connectivity index is 1.85. The highest BCUT2D eigenvalue weighted by Gasteiger charge is 2.45. The first-order chi connectivity index (χ1) is 11.0. The maximum absolute atomic E-state index is 12.0. The largest absolute Gasteiger partial charge is 0.481 e. The maximum atomic E-state index is 12.0. The molecule has 0 spiro atoms. The molecule has 6 heteroatoms. The molecule has 0 radical (unpaired) electrons. The fraction of sp³-hybridized carbons (Fsp3) is 0.471. The summed E-state index contributed by atoms with van der Waals surface area (Å²) in [7, 11) is 0. The van der Waals surface area contributed by atoms with Gasteiger partial charge in [0.25, 0.3) is 5.91 Å². The van der Waals surface area contributed by atoms with Gasteiger partial charge in [-0.2, -0.15) is 0 Å². The molecule has 0 bridgehead atoms. The summed E-state index contributed by atoms with van der Waals surface area (Å²) in [6.45, 7) is 2.75. The molecule has 1 aromatic rings. The van der Waals surface area contributed by atoms with Crippen LogP contribution in [0.3, 0.4) is 0 Å². The minimum atomic E-state index is -0.884. The van der Waals surface area contributed by atoms with Crippen molar-refractivity contribution in [1.82, 2.24) is 10.6 Å². The molecule has 1 fully saturated rings. The number of carbonyl (C=O) groups is 3. The van der Waals surface area contributed by atoms with Crippen LogP contribution < -0.4 is 10.6 Å². The number of nitrogens with one attached hydrogen (secondary N) is 2. The Hall–Kier alpha value is -2.37. The Bertz CT molecular complexity index is 591. The molecule has 6 nitrogen and oxygen atoms in total. The van der Waals surface area contributed by atoms with E-state index in [-0.39, 0.29) is 18.2 Å². The fourth-order valence-electron chi connectivity index (χ4n) is 2.68. The highest BCUT2D eigenvalue weighted by Crippen LogP contribution is 2.44. The van der Waals surface area contributed by atoms with Crippen molar-refractivity contribution >= 4 is 17.8 Å². The van der Waals surface area contributed by atoms with Gasteiger partial charge in [-0.3, -0.25) is 14.4 Å². The third-order valence-electron chi connectivity index (χ3n) is 4.31. The van der Waals surface area contributed by atoms with E-state index in [4.69, 9.17) is 0 Å². The lowest BCUT2D eigenvalue weighted by Crippen LogP contribution is -2.42. The third-order valence-corrected chi connectivity index (χ3v) is 4.31. The number of hydrogen-bond acceptors (Lipinski definition) is 3. The number of benzene rings is 1. The molecular formula is C17H22N2O4. The van der Waals surface area contributed by atoms with Crippen LogP contribution in [-0.2, 0) is 16.1 Å². The molecule has 2 amide bonds. The lowest BCUT2D eigenvalue weighted by atomic mass is 9.66. The van der Waals surface area contributed by atoms with E-state index in [1.807, 2.05) is 6.92 Å². The van der Waals surface area contributed by atoms with Crippen LogP contribution in [0.2, 0.25) is 0 Å². The molecule has 0 heterocycles. The summed E-state index contributed by atoms with van der Waals surface area (Å²) in [6.07, 6.45) is 2.02. The van der Waals surface area contributed by atoms with Gasteiger partial charge in [0.2, 0.25) is 5.91 Å². The Morgan fingerprint density at radius 2 is 1.78 bits per heavy atom. The highest BCUT2D eigenvalue weighted by atomic mass is 16.4. The van der Waals surface area contributed by atoms with Crippen molar-refractivity contribution in [3.05, 3.63) is 35.4 Å². The Labute approximate surface area is 135 Å². The van der Waals surface area contributed by atoms with Crippen LogP contribution in [0, 0.1) is 5.41 Å². The molecule has 0 unspecified atom stereocenters. The van der Waals surface area contributed by atoms with Crippen LogP contribution in [-0.4, -0.2) is 29.4 Å². The second kappa shape index (κ2) is 7.26. The van der Waals surface area contributed by atoms with Crippen LogP contribution in [0.15, 0.2) is 24.3 Å². The Morgan fingerprint density at radius 1 is 1.13 bits per heavy atom. The van der Waals surface area contributed by atoms with E-state index in [9.17, 15) is 19.5 Å². The van der Waals surface area contributed by atoms with Gasteiger partial charge in [0.1, 0.15) is 0 Å². The van der Waals surface area contributed by atoms with Gasteiger partial charge in [0, 0.05) is 25.1 Å². The van der Waals surface area contributed by atoms with E-state index < -0.39 is 11.4 Å². The summed E-state index contributed by atoms with van der Waals surface area (Å²) in [5.74, 6) is -1.26. The molecule has 23 heavy (non-hydrogen) atoms. The van der Waals surface area contributed by atoms with Crippen molar-refractivity contribution in [2.75, 3.05) is 6.54 Å². The molecular weight excluding hydrogens is 296 g/mol. The van der Waals surface area contributed by atoms with Gasteiger partial charge < -0.3 is 15.7 Å². The first-order valence-corrected chi connectivity index (χ1v) is 7.84. The first kappa shape index (κ1) is 17.0. The monoisotopic (exact) mass is 318 g/mol. The van der Waals surface area contributed by atoms with Crippen LogP contribution in [0.5, 0.6) is 0 Å². The lowest BCUT2D eigenvalue weighted by Gasteiger charge is -2.36. The zero-order chi connectivity index (χ0) is 16.9. The average Bonchev–Trinajstić information content (AvgIpc) is 2.49. The molecule has 1 aliphatic carbocycles. The zero-order valence-corrected chi connectivity index (χ0v) is 13.2. The molecule has 1 aromatic carbocycles. The van der Waals surface area contributed by atoms with Crippen molar-refractivity contribution in [3.63, 3.8) is 0 Å². The number of carboxylic acid groups (broad SMARTS) is 1. The summed E-state index contributed by atoms with van der Waals surface area (Å²) in [4.78, 5) is 34.8. The van der Waals surface area contributed by atoms with Crippen LogP contribution >= 0.6 is 0 Å². The Morgan fingerprint density at radius 3 is 2.26 bits per heavy atom. The van der Waals surface area contributed by atoms with E-state index in [0.717, 1.165) is 12.0 Å². The van der Waals surface area contributed by atoms with E-state index in [0.29, 0.717) is 31.5 Å². The normalized spacial score (nSPS) is 15.3. The predicted octanol–water partition coefficient (Wildman–Crippen LogP) is 1.70. The second-order valence-electron chi connectivity index (χ2n) is 5.95. The summed E-state index contributed by atoms with van der Waals surface area (Å²) in [5.41, 5.74) is 0.567. The van der Waals surface area contributed by atoms with Gasteiger partial charge in [0.05, 0.1) is 5.41 Å². The summed E-state index contributed by atoms with van der Waals surface area (Å²) in [5, 5.41) is 14.7. The van der Waals surface area contributed by atoms with Gasteiger partial charge in [-0.15, -0.1) is 0 Å². The number of carbonyl (C=O) groups excluding carboxylic acids is 2. The summed E-state index contributed by atoms with van der Waals surface area (Å²) in [6, 6.07) is 6.97. The molecule has 124 valence electrons. The van der Waals surface area contributed by atoms with E-state index in [2.05, 4.69) is 10.6 Å². The highest BCUT2D eigenvalue weighted by molar-refractivity contribution is 5.94. The second-order valence-corrected chi connectivity index (χ2v) is 5.95. The van der Waals surface area contributed by atoms with Crippen molar-refractivity contribution in [1.29, 1.82) is 0 Å². The van der Waals surface area contributed by atoms with E-state index >= 15 is 0 Å².